The van der Waals surface area contributed by atoms with E-state index in [4.69, 9.17) is 11.6 Å². The number of hydrogen-bond acceptors (Lipinski definition) is 3. The molecule has 0 fully saturated rings. The third kappa shape index (κ3) is 3.51. The van der Waals surface area contributed by atoms with E-state index in [1.165, 1.54) is 10.5 Å². The van der Waals surface area contributed by atoms with Gasteiger partial charge in [-0.3, -0.25) is 4.68 Å². The van der Waals surface area contributed by atoms with Crippen LogP contribution in [0.25, 0.3) is 0 Å². The summed E-state index contributed by atoms with van der Waals surface area (Å²) in [6.45, 7) is 0. The molecular formula is C13H16ClN3S. The minimum atomic E-state index is 0.294. The highest BCUT2D eigenvalue weighted by molar-refractivity contribution is 7.99. The fourth-order valence-corrected chi connectivity index (χ4v) is 3.06. The van der Waals surface area contributed by atoms with Gasteiger partial charge in [0.15, 0.2) is 0 Å². The van der Waals surface area contributed by atoms with Crippen LogP contribution in [0.1, 0.15) is 11.6 Å². The molecule has 18 heavy (non-hydrogen) atoms. The third-order valence-corrected chi connectivity index (χ3v) is 4.01. The second-order valence-electron chi connectivity index (χ2n) is 4.06. The van der Waals surface area contributed by atoms with E-state index in [-0.39, 0.29) is 0 Å². The van der Waals surface area contributed by atoms with Crippen molar-refractivity contribution in [1.82, 2.24) is 15.1 Å². The molecule has 96 valence electrons. The highest BCUT2D eigenvalue weighted by Crippen LogP contribution is 2.26. The number of hydrogen-bond donors (Lipinski definition) is 1. The lowest BCUT2D eigenvalue weighted by Crippen LogP contribution is -2.18. The smallest absolute Gasteiger partial charge is 0.0537 e. The quantitative estimate of drug-likeness (QED) is 0.854. The van der Waals surface area contributed by atoms with E-state index in [0.29, 0.717) is 6.04 Å². The number of thioether (sulfide) groups is 1. The first-order valence-corrected chi connectivity index (χ1v) is 7.09. The molecule has 1 aromatic heterocycles. The standard InChI is InChI=1S/C13H16ClN3S/c1-15-13(10-7-16-17(2)8-10)9-18-12-5-3-4-11(14)6-12/h3-8,13,15H,9H2,1-2H3. The zero-order chi connectivity index (χ0) is 13.0. The summed E-state index contributed by atoms with van der Waals surface area (Å²) >= 11 is 7.76. The molecule has 0 radical (unpaired) electrons. The maximum absolute atomic E-state index is 5.97. The molecule has 3 nitrogen and oxygen atoms in total. The number of halogens is 1. The summed E-state index contributed by atoms with van der Waals surface area (Å²) in [5.41, 5.74) is 1.20. The van der Waals surface area contributed by atoms with Crippen LogP contribution in [0.15, 0.2) is 41.6 Å². The van der Waals surface area contributed by atoms with Crippen LogP contribution < -0.4 is 5.32 Å². The highest BCUT2D eigenvalue weighted by Gasteiger charge is 2.11. The molecule has 0 saturated carbocycles. The van der Waals surface area contributed by atoms with Crippen molar-refractivity contribution >= 4 is 23.4 Å². The van der Waals surface area contributed by atoms with Crippen LogP contribution in [0.3, 0.4) is 0 Å². The molecule has 5 heteroatoms. The molecule has 1 heterocycles. The van der Waals surface area contributed by atoms with E-state index in [0.717, 1.165) is 10.8 Å². The van der Waals surface area contributed by atoms with Gasteiger partial charge in [0.1, 0.15) is 0 Å². The van der Waals surface area contributed by atoms with Crippen LogP contribution in [0.2, 0.25) is 5.02 Å². The molecule has 2 rings (SSSR count). The molecule has 0 aliphatic rings. The molecule has 0 amide bonds. The minimum Gasteiger partial charge on any atom is -0.312 e. The van der Waals surface area contributed by atoms with Crippen molar-refractivity contribution in [3.8, 4) is 0 Å². The van der Waals surface area contributed by atoms with Crippen molar-refractivity contribution in [2.45, 2.75) is 10.9 Å². The molecule has 2 aromatic rings. The van der Waals surface area contributed by atoms with Crippen molar-refractivity contribution in [2.24, 2.45) is 7.05 Å². The predicted octanol–water partition coefficient (Wildman–Crippen LogP) is 3.13. The largest absolute Gasteiger partial charge is 0.312 e. The Balaban J connectivity index is 1.99. The number of aromatic nitrogens is 2. The summed E-state index contributed by atoms with van der Waals surface area (Å²) in [5.74, 6) is 0.947. The Morgan fingerprint density at radius 3 is 2.94 bits per heavy atom. The van der Waals surface area contributed by atoms with Gasteiger partial charge in [-0.2, -0.15) is 5.10 Å². The van der Waals surface area contributed by atoms with Crippen LogP contribution in [0.5, 0.6) is 0 Å². The SMILES string of the molecule is CNC(CSc1cccc(Cl)c1)c1cnn(C)c1. The Hall–Kier alpha value is -0.970. The fraction of sp³-hybridized carbons (Fsp3) is 0.308. The maximum Gasteiger partial charge on any atom is 0.0537 e. The van der Waals surface area contributed by atoms with Gasteiger partial charge in [-0.1, -0.05) is 17.7 Å². The molecule has 0 saturated heterocycles. The Morgan fingerprint density at radius 2 is 2.33 bits per heavy atom. The number of benzene rings is 1. The van der Waals surface area contributed by atoms with E-state index in [9.17, 15) is 0 Å². The normalized spacial score (nSPS) is 12.6. The van der Waals surface area contributed by atoms with E-state index in [1.54, 1.807) is 11.8 Å². The summed E-state index contributed by atoms with van der Waals surface area (Å²) in [6, 6.07) is 8.22. The van der Waals surface area contributed by atoms with Gasteiger partial charge >= 0.3 is 0 Å². The molecule has 0 spiro atoms. The Kier molecular flexibility index (Phi) is 4.69. The van der Waals surface area contributed by atoms with Crippen molar-refractivity contribution in [1.29, 1.82) is 0 Å². The molecular weight excluding hydrogens is 266 g/mol. The predicted molar refractivity (Wildman–Crippen MR) is 77.2 cm³/mol. The first-order chi connectivity index (χ1) is 8.69. The summed E-state index contributed by atoms with van der Waals surface area (Å²) in [4.78, 5) is 1.19. The molecule has 1 aromatic carbocycles. The Labute approximate surface area is 117 Å². The van der Waals surface area contributed by atoms with Crippen molar-refractivity contribution < 1.29 is 0 Å². The highest BCUT2D eigenvalue weighted by atomic mass is 35.5. The molecule has 0 aliphatic heterocycles. The minimum absolute atomic E-state index is 0.294. The summed E-state index contributed by atoms with van der Waals surface area (Å²) in [6.07, 6.45) is 3.94. The van der Waals surface area contributed by atoms with Crippen LogP contribution in [0, 0.1) is 0 Å². The second-order valence-corrected chi connectivity index (χ2v) is 5.59. The number of rotatable bonds is 5. The van der Waals surface area contributed by atoms with Crippen molar-refractivity contribution in [3.63, 3.8) is 0 Å². The van der Waals surface area contributed by atoms with Gasteiger partial charge in [0, 0.05) is 40.5 Å². The number of nitrogens with zero attached hydrogens (tertiary/aromatic N) is 2. The van der Waals surface area contributed by atoms with Gasteiger partial charge in [0.05, 0.1) is 6.20 Å². The lowest BCUT2D eigenvalue weighted by atomic mass is 10.2. The van der Waals surface area contributed by atoms with Gasteiger partial charge in [0.25, 0.3) is 0 Å². The Morgan fingerprint density at radius 1 is 1.50 bits per heavy atom. The molecule has 1 atom stereocenters. The molecule has 0 bridgehead atoms. The maximum atomic E-state index is 5.97. The lowest BCUT2D eigenvalue weighted by molar-refractivity contribution is 0.660. The lowest BCUT2D eigenvalue weighted by Gasteiger charge is -2.13. The van der Waals surface area contributed by atoms with Crippen molar-refractivity contribution in [2.75, 3.05) is 12.8 Å². The van der Waals surface area contributed by atoms with E-state index in [1.807, 2.05) is 49.4 Å². The van der Waals surface area contributed by atoms with Crippen molar-refractivity contribution in [3.05, 3.63) is 47.2 Å². The van der Waals surface area contributed by atoms with E-state index < -0.39 is 0 Å². The van der Waals surface area contributed by atoms with Gasteiger partial charge in [-0.15, -0.1) is 11.8 Å². The van der Waals surface area contributed by atoms with E-state index in [2.05, 4.69) is 16.5 Å². The zero-order valence-corrected chi connectivity index (χ0v) is 12.0. The average Bonchev–Trinajstić information content (AvgIpc) is 2.77. The van der Waals surface area contributed by atoms with Gasteiger partial charge in [-0.25, -0.2) is 0 Å². The molecule has 1 unspecified atom stereocenters. The second kappa shape index (κ2) is 6.27. The first kappa shape index (κ1) is 13.5. The summed E-state index contributed by atoms with van der Waals surface area (Å²) < 4.78 is 1.82. The van der Waals surface area contributed by atoms with Gasteiger partial charge in [-0.05, 0) is 25.2 Å². The first-order valence-electron chi connectivity index (χ1n) is 5.73. The number of aryl methyl sites for hydroxylation is 1. The zero-order valence-electron chi connectivity index (χ0n) is 10.4. The molecule has 1 N–H and O–H groups in total. The fourth-order valence-electron chi connectivity index (χ4n) is 1.70. The van der Waals surface area contributed by atoms with Gasteiger partial charge in [0.2, 0.25) is 0 Å². The topological polar surface area (TPSA) is 29.9 Å². The number of nitrogens with one attached hydrogen (secondary N) is 1. The van der Waals surface area contributed by atoms with Crippen LogP contribution in [-0.2, 0) is 7.05 Å². The third-order valence-electron chi connectivity index (χ3n) is 2.69. The average molecular weight is 282 g/mol. The van der Waals surface area contributed by atoms with Crippen LogP contribution in [0.4, 0.5) is 0 Å². The monoisotopic (exact) mass is 281 g/mol. The van der Waals surface area contributed by atoms with Gasteiger partial charge < -0.3 is 5.32 Å². The molecule has 0 aliphatic carbocycles. The summed E-state index contributed by atoms with van der Waals surface area (Å²) in [5, 5.41) is 8.29. The van der Waals surface area contributed by atoms with Crippen LogP contribution >= 0.6 is 23.4 Å². The Bertz CT molecular complexity index is 512. The van der Waals surface area contributed by atoms with E-state index >= 15 is 0 Å². The van der Waals surface area contributed by atoms with Crippen LogP contribution in [-0.4, -0.2) is 22.6 Å². The summed E-state index contributed by atoms with van der Waals surface area (Å²) in [7, 11) is 3.90.